The van der Waals surface area contributed by atoms with Crippen molar-refractivity contribution in [2.75, 3.05) is 6.61 Å². The molecule has 0 aromatic rings. The number of hydrogen-bond acceptors (Lipinski definition) is 3. The maximum absolute atomic E-state index is 11.3. The minimum atomic E-state index is -0.453. The highest BCUT2D eigenvalue weighted by Gasteiger charge is 2.18. The Morgan fingerprint density at radius 2 is 1.57 bits per heavy atom. The minimum Gasteiger partial charge on any atom is -0.396 e. The van der Waals surface area contributed by atoms with Gasteiger partial charge in [-0.3, -0.25) is 9.59 Å². The van der Waals surface area contributed by atoms with Gasteiger partial charge in [0.25, 0.3) is 0 Å². The molecular formula is C17H33NO3. The maximum Gasteiger partial charge on any atom is 0.244 e. The molecule has 0 aliphatic heterocycles. The first-order chi connectivity index (χ1) is 9.55. The van der Waals surface area contributed by atoms with Crippen LogP contribution in [0.5, 0.6) is 0 Å². The molecule has 124 valence electrons. The normalized spacial score (nSPS) is 11.5. The Bertz CT molecular complexity index is 325. The second-order valence-corrected chi connectivity index (χ2v) is 6.49. The molecule has 0 atom stereocenters. The summed E-state index contributed by atoms with van der Waals surface area (Å²) < 4.78 is 0. The van der Waals surface area contributed by atoms with Gasteiger partial charge in [0.1, 0.15) is 0 Å². The van der Waals surface area contributed by atoms with Gasteiger partial charge in [-0.2, -0.15) is 0 Å². The third-order valence-electron chi connectivity index (χ3n) is 3.30. The zero-order chi connectivity index (χ0) is 17.1. The van der Waals surface area contributed by atoms with Crippen molar-refractivity contribution in [1.82, 2.24) is 5.32 Å². The SMILES string of the molecule is CC(C)C(C)C.CCC(=O)/C=C\C(=O)NC(C)(C)CCO. The smallest absolute Gasteiger partial charge is 0.244 e. The standard InChI is InChI=1S/C11H19NO3.C6H14/c1-4-9(14)5-6-10(15)12-11(2,3)7-8-13;1-5(2)6(3)4/h5-6,13H,4,7-8H2,1-3H3,(H,12,15);5-6H,1-4H3/b6-5-;. The van der Waals surface area contributed by atoms with E-state index in [0.717, 1.165) is 11.8 Å². The number of ketones is 1. The summed E-state index contributed by atoms with van der Waals surface area (Å²) in [5.74, 6) is 1.32. The molecule has 0 aliphatic carbocycles. The van der Waals surface area contributed by atoms with E-state index in [1.165, 1.54) is 12.2 Å². The Morgan fingerprint density at radius 3 is 1.90 bits per heavy atom. The van der Waals surface area contributed by atoms with E-state index in [0.29, 0.717) is 12.8 Å². The molecular weight excluding hydrogens is 266 g/mol. The molecule has 0 saturated heterocycles. The van der Waals surface area contributed by atoms with Crippen LogP contribution in [0.1, 0.15) is 61.3 Å². The number of allylic oxidation sites excluding steroid dienone is 1. The van der Waals surface area contributed by atoms with Crippen molar-refractivity contribution >= 4 is 11.7 Å². The van der Waals surface area contributed by atoms with E-state index in [1.54, 1.807) is 6.92 Å². The molecule has 0 bridgehead atoms. The summed E-state index contributed by atoms with van der Waals surface area (Å²) in [4.78, 5) is 22.2. The fourth-order valence-corrected chi connectivity index (χ4v) is 1.00. The van der Waals surface area contributed by atoms with E-state index in [9.17, 15) is 9.59 Å². The predicted octanol–water partition coefficient (Wildman–Crippen LogP) is 3.10. The fourth-order valence-electron chi connectivity index (χ4n) is 1.00. The summed E-state index contributed by atoms with van der Waals surface area (Å²) in [7, 11) is 0. The van der Waals surface area contributed by atoms with Gasteiger partial charge < -0.3 is 10.4 Å². The van der Waals surface area contributed by atoms with E-state index in [-0.39, 0.29) is 18.3 Å². The van der Waals surface area contributed by atoms with Crippen molar-refractivity contribution < 1.29 is 14.7 Å². The average molecular weight is 299 g/mol. The Balaban J connectivity index is 0. The van der Waals surface area contributed by atoms with Gasteiger partial charge in [-0.1, -0.05) is 34.6 Å². The molecule has 0 radical (unpaired) electrons. The van der Waals surface area contributed by atoms with Crippen molar-refractivity contribution in [3.8, 4) is 0 Å². The minimum absolute atomic E-state index is 0.0187. The summed E-state index contributed by atoms with van der Waals surface area (Å²) >= 11 is 0. The Labute approximate surface area is 130 Å². The van der Waals surface area contributed by atoms with Gasteiger partial charge in [-0.25, -0.2) is 0 Å². The van der Waals surface area contributed by atoms with E-state index < -0.39 is 5.54 Å². The molecule has 1 amide bonds. The van der Waals surface area contributed by atoms with Gasteiger partial charge in [0.15, 0.2) is 5.78 Å². The second kappa shape index (κ2) is 11.5. The van der Waals surface area contributed by atoms with Gasteiger partial charge in [-0.05, 0) is 38.2 Å². The second-order valence-electron chi connectivity index (χ2n) is 6.49. The molecule has 0 aromatic heterocycles. The van der Waals surface area contributed by atoms with Crippen molar-refractivity contribution in [1.29, 1.82) is 0 Å². The molecule has 4 nitrogen and oxygen atoms in total. The highest BCUT2D eigenvalue weighted by molar-refractivity contribution is 5.97. The number of carbonyl (C=O) groups is 2. The van der Waals surface area contributed by atoms with Crippen molar-refractivity contribution in [2.24, 2.45) is 11.8 Å². The first-order valence-electron chi connectivity index (χ1n) is 7.69. The first-order valence-corrected chi connectivity index (χ1v) is 7.69. The average Bonchev–Trinajstić information content (AvgIpc) is 2.35. The maximum atomic E-state index is 11.3. The molecule has 0 spiro atoms. The quantitative estimate of drug-likeness (QED) is 0.710. The third-order valence-corrected chi connectivity index (χ3v) is 3.30. The zero-order valence-corrected chi connectivity index (χ0v) is 14.7. The van der Waals surface area contributed by atoms with Crippen molar-refractivity contribution in [2.45, 2.75) is 66.8 Å². The van der Waals surface area contributed by atoms with Gasteiger partial charge >= 0.3 is 0 Å². The van der Waals surface area contributed by atoms with Crippen LogP contribution in [0.3, 0.4) is 0 Å². The van der Waals surface area contributed by atoms with Gasteiger partial charge in [0, 0.05) is 24.6 Å². The van der Waals surface area contributed by atoms with Crippen LogP contribution < -0.4 is 5.32 Å². The molecule has 4 heteroatoms. The topological polar surface area (TPSA) is 66.4 Å². The predicted molar refractivity (Wildman–Crippen MR) is 88.0 cm³/mol. The largest absolute Gasteiger partial charge is 0.396 e. The van der Waals surface area contributed by atoms with Gasteiger partial charge in [0.05, 0.1) is 0 Å². The summed E-state index contributed by atoms with van der Waals surface area (Å²) in [6.45, 7) is 14.4. The highest BCUT2D eigenvalue weighted by atomic mass is 16.3. The molecule has 0 unspecified atom stereocenters. The molecule has 21 heavy (non-hydrogen) atoms. The van der Waals surface area contributed by atoms with Crippen LogP contribution in [0.2, 0.25) is 0 Å². The lowest BCUT2D eigenvalue weighted by Gasteiger charge is -2.24. The Hall–Kier alpha value is -1.16. The highest BCUT2D eigenvalue weighted by Crippen LogP contribution is 2.07. The first kappa shape index (κ1) is 22.1. The summed E-state index contributed by atoms with van der Waals surface area (Å²) in [5.41, 5.74) is -0.453. The van der Waals surface area contributed by atoms with Gasteiger partial charge in [-0.15, -0.1) is 0 Å². The molecule has 0 heterocycles. The number of nitrogens with one attached hydrogen (secondary N) is 1. The van der Waals surface area contributed by atoms with Crippen LogP contribution in [0.15, 0.2) is 12.2 Å². The van der Waals surface area contributed by atoms with E-state index in [1.807, 2.05) is 13.8 Å². The number of carbonyl (C=O) groups excluding carboxylic acids is 2. The van der Waals surface area contributed by atoms with E-state index in [2.05, 4.69) is 33.0 Å². The molecule has 0 rings (SSSR count). The van der Waals surface area contributed by atoms with E-state index in [4.69, 9.17) is 5.11 Å². The Morgan fingerprint density at radius 1 is 1.10 bits per heavy atom. The molecule has 0 fully saturated rings. The molecule has 0 saturated carbocycles. The van der Waals surface area contributed by atoms with E-state index >= 15 is 0 Å². The van der Waals surface area contributed by atoms with Crippen LogP contribution in [0.25, 0.3) is 0 Å². The van der Waals surface area contributed by atoms with Crippen LogP contribution >= 0.6 is 0 Å². The number of aliphatic hydroxyl groups excluding tert-OH is 1. The molecule has 0 aliphatic rings. The van der Waals surface area contributed by atoms with Crippen molar-refractivity contribution in [3.63, 3.8) is 0 Å². The number of hydrogen-bond donors (Lipinski definition) is 2. The van der Waals surface area contributed by atoms with Gasteiger partial charge in [0.2, 0.25) is 5.91 Å². The number of amides is 1. The zero-order valence-electron chi connectivity index (χ0n) is 14.7. The lowest BCUT2D eigenvalue weighted by atomic mass is 10.0. The fraction of sp³-hybridized carbons (Fsp3) is 0.765. The van der Waals surface area contributed by atoms with Crippen LogP contribution in [0.4, 0.5) is 0 Å². The van der Waals surface area contributed by atoms with Crippen molar-refractivity contribution in [3.05, 3.63) is 12.2 Å². The number of aliphatic hydroxyl groups is 1. The lowest BCUT2D eigenvalue weighted by Crippen LogP contribution is -2.43. The van der Waals surface area contributed by atoms with Crippen LogP contribution in [0, 0.1) is 11.8 Å². The lowest BCUT2D eigenvalue weighted by molar-refractivity contribution is -0.119. The van der Waals surface area contributed by atoms with Crippen LogP contribution in [-0.4, -0.2) is 28.9 Å². The molecule has 0 aromatic carbocycles. The monoisotopic (exact) mass is 299 g/mol. The third kappa shape index (κ3) is 15.1. The van der Waals surface area contributed by atoms with Crippen LogP contribution in [-0.2, 0) is 9.59 Å². The summed E-state index contributed by atoms with van der Waals surface area (Å²) in [5, 5.41) is 11.4. The summed E-state index contributed by atoms with van der Waals surface area (Å²) in [6.07, 6.45) is 3.37. The molecule has 2 N–H and O–H groups in total. The number of rotatable bonds is 7. The Kier molecular flexibility index (Phi) is 12.1. The summed E-state index contributed by atoms with van der Waals surface area (Å²) in [6, 6.07) is 0.